The van der Waals surface area contributed by atoms with E-state index in [0.29, 0.717) is 5.69 Å². The molecule has 27 heavy (non-hydrogen) atoms. The van der Waals surface area contributed by atoms with Crippen LogP contribution < -0.4 is 15.4 Å². The van der Waals surface area contributed by atoms with Crippen LogP contribution >= 0.6 is 12.4 Å². The number of anilines is 1. The lowest BCUT2D eigenvalue weighted by Gasteiger charge is -2.21. The second-order valence-corrected chi connectivity index (χ2v) is 6.02. The van der Waals surface area contributed by atoms with Crippen LogP contribution in [-0.2, 0) is 11.0 Å². The molecule has 5 nitrogen and oxygen atoms in total. The zero-order chi connectivity index (χ0) is 18.6. The van der Waals surface area contributed by atoms with Crippen molar-refractivity contribution in [3.8, 4) is 11.6 Å². The van der Waals surface area contributed by atoms with Crippen molar-refractivity contribution in [1.29, 1.82) is 0 Å². The molecule has 1 aliphatic heterocycles. The minimum absolute atomic E-state index is 0. The van der Waals surface area contributed by atoms with Gasteiger partial charge in [0.05, 0.1) is 17.4 Å². The summed E-state index contributed by atoms with van der Waals surface area (Å²) in [4.78, 5) is 16.2. The van der Waals surface area contributed by atoms with Crippen LogP contribution in [0.1, 0.15) is 18.4 Å². The van der Waals surface area contributed by atoms with Gasteiger partial charge in [0.2, 0.25) is 11.8 Å². The average Bonchev–Trinajstić information content (AvgIpc) is 2.64. The first-order valence-corrected chi connectivity index (χ1v) is 8.24. The molecule has 9 heteroatoms. The summed E-state index contributed by atoms with van der Waals surface area (Å²) in [5.41, 5.74) is -0.193. The molecule has 0 aliphatic carbocycles. The van der Waals surface area contributed by atoms with Gasteiger partial charge in [-0.25, -0.2) is 4.98 Å². The van der Waals surface area contributed by atoms with Gasteiger partial charge in [-0.2, -0.15) is 13.2 Å². The average molecular weight is 402 g/mol. The van der Waals surface area contributed by atoms with Crippen LogP contribution in [0.25, 0.3) is 0 Å². The smallest absolute Gasteiger partial charge is 0.416 e. The van der Waals surface area contributed by atoms with Crippen molar-refractivity contribution in [2.24, 2.45) is 5.92 Å². The number of ether oxygens (including phenoxy) is 1. The van der Waals surface area contributed by atoms with Crippen molar-refractivity contribution in [3.63, 3.8) is 0 Å². The number of piperidine rings is 1. The number of aromatic nitrogens is 1. The highest BCUT2D eigenvalue weighted by Gasteiger charge is 2.30. The van der Waals surface area contributed by atoms with Crippen molar-refractivity contribution in [1.82, 2.24) is 10.3 Å². The first-order valence-electron chi connectivity index (χ1n) is 8.24. The van der Waals surface area contributed by atoms with E-state index in [2.05, 4.69) is 15.6 Å². The summed E-state index contributed by atoms with van der Waals surface area (Å²) in [5.74, 6) is 0.422. The van der Waals surface area contributed by atoms with E-state index in [9.17, 15) is 18.0 Å². The fourth-order valence-electron chi connectivity index (χ4n) is 2.68. The summed E-state index contributed by atoms with van der Waals surface area (Å²) in [7, 11) is 0. The van der Waals surface area contributed by atoms with Gasteiger partial charge < -0.3 is 15.4 Å². The molecule has 1 aliphatic rings. The molecule has 0 radical (unpaired) electrons. The highest BCUT2D eigenvalue weighted by Crippen LogP contribution is 2.31. The molecular formula is C18H19ClF3N3O2. The van der Waals surface area contributed by atoms with Crippen LogP contribution in [0.4, 0.5) is 18.9 Å². The number of amides is 1. The Morgan fingerprint density at radius 1 is 1.11 bits per heavy atom. The van der Waals surface area contributed by atoms with E-state index in [1.807, 2.05) is 0 Å². The molecule has 146 valence electrons. The van der Waals surface area contributed by atoms with Crippen LogP contribution in [0.5, 0.6) is 11.6 Å². The second-order valence-electron chi connectivity index (χ2n) is 6.02. The second kappa shape index (κ2) is 9.05. The van der Waals surface area contributed by atoms with Crippen molar-refractivity contribution in [3.05, 3.63) is 48.2 Å². The van der Waals surface area contributed by atoms with E-state index >= 15 is 0 Å². The molecule has 0 bridgehead atoms. The predicted octanol–water partition coefficient (Wildman–Crippen LogP) is 4.25. The molecule has 0 unspecified atom stereocenters. The summed E-state index contributed by atoms with van der Waals surface area (Å²) in [6.07, 6.45) is -1.33. The Kier molecular flexibility index (Phi) is 7.04. The van der Waals surface area contributed by atoms with E-state index in [1.54, 1.807) is 12.1 Å². The van der Waals surface area contributed by atoms with Crippen LogP contribution in [-0.4, -0.2) is 24.0 Å². The number of hydrogen-bond donors (Lipinski definition) is 2. The van der Waals surface area contributed by atoms with E-state index in [0.717, 1.165) is 38.1 Å². The third-order valence-electron chi connectivity index (χ3n) is 4.12. The zero-order valence-corrected chi connectivity index (χ0v) is 15.1. The van der Waals surface area contributed by atoms with Gasteiger partial charge in [-0.15, -0.1) is 12.4 Å². The number of halogens is 4. The van der Waals surface area contributed by atoms with E-state index in [4.69, 9.17) is 4.74 Å². The number of carbonyl (C=O) groups is 1. The van der Waals surface area contributed by atoms with Crippen LogP contribution in [0.2, 0.25) is 0 Å². The lowest BCUT2D eigenvalue weighted by molar-refractivity contribution is -0.137. The number of benzene rings is 1. The summed E-state index contributed by atoms with van der Waals surface area (Å²) < 4.78 is 43.0. The first-order chi connectivity index (χ1) is 12.4. The van der Waals surface area contributed by atoms with Gasteiger partial charge in [-0.3, -0.25) is 4.79 Å². The van der Waals surface area contributed by atoms with E-state index in [-0.39, 0.29) is 35.9 Å². The van der Waals surface area contributed by atoms with Crippen LogP contribution in [0, 0.1) is 5.92 Å². The highest BCUT2D eigenvalue weighted by molar-refractivity contribution is 5.92. The number of carbonyl (C=O) groups excluding carboxylic acids is 1. The number of alkyl halides is 3. The molecule has 1 fully saturated rings. The zero-order valence-electron chi connectivity index (χ0n) is 14.3. The third kappa shape index (κ3) is 5.83. The Morgan fingerprint density at radius 2 is 1.78 bits per heavy atom. The van der Waals surface area contributed by atoms with Gasteiger partial charge in [0.25, 0.3) is 0 Å². The molecule has 1 amide bonds. The van der Waals surface area contributed by atoms with Crippen molar-refractivity contribution in [2.75, 3.05) is 18.4 Å². The van der Waals surface area contributed by atoms with E-state index < -0.39 is 11.7 Å². The quantitative estimate of drug-likeness (QED) is 0.803. The minimum Gasteiger partial charge on any atom is -0.439 e. The molecule has 3 rings (SSSR count). The molecule has 0 spiro atoms. The van der Waals surface area contributed by atoms with Gasteiger partial charge in [0.15, 0.2) is 0 Å². The first kappa shape index (κ1) is 21.0. The number of pyridine rings is 1. The molecule has 0 saturated carbocycles. The molecule has 1 aromatic heterocycles. The van der Waals surface area contributed by atoms with E-state index in [1.165, 1.54) is 18.3 Å². The molecule has 2 aromatic rings. The third-order valence-corrected chi connectivity index (χ3v) is 4.12. The summed E-state index contributed by atoms with van der Waals surface area (Å²) in [5, 5.41) is 6.02. The molecule has 0 atom stereocenters. The summed E-state index contributed by atoms with van der Waals surface area (Å²) >= 11 is 0. The molecular weight excluding hydrogens is 383 g/mol. The normalized spacial score (nSPS) is 14.9. The maximum atomic E-state index is 12.5. The van der Waals surface area contributed by atoms with Gasteiger partial charge in [0.1, 0.15) is 5.75 Å². The number of nitrogens with one attached hydrogen (secondary N) is 2. The Bertz CT molecular complexity index is 746. The molecule has 2 heterocycles. The van der Waals surface area contributed by atoms with Crippen LogP contribution in [0.3, 0.4) is 0 Å². The van der Waals surface area contributed by atoms with Gasteiger partial charge >= 0.3 is 6.18 Å². The Hall–Kier alpha value is -2.32. The Morgan fingerprint density at radius 3 is 2.33 bits per heavy atom. The standard InChI is InChI=1S/C18H18F3N3O2.ClH/c19-18(20,21)13-1-4-15(5-2-13)26-16-6-3-14(11-23-16)24-17(25)12-7-9-22-10-8-12;/h1-6,11-12,22H,7-10H2,(H,24,25);1H. The fraction of sp³-hybridized carbons (Fsp3) is 0.333. The van der Waals surface area contributed by atoms with Gasteiger partial charge in [0, 0.05) is 12.0 Å². The lowest BCUT2D eigenvalue weighted by Crippen LogP contribution is -2.34. The lowest BCUT2D eigenvalue weighted by atomic mass is 9.97. The monoisotopic (exact) mass is 401 g/mol. The summed E-state index contributed by atoms with van der Waals surface area (Å²) in [6, 6.07) is 7.56. The fourth-order valence-corrected chi connectivity index (χ4v) is 2.68. The van der Waals surface area contributed by atoms with Crippen molar-refractivity contribution >= 4 is 24.0 Å². The predicted molar refractivity (Wildman–Crippen MR) is 97.2 cm³/mol. The van der Waals surface area contributed by atoms with Crippen LogP contribution in [0.15, 0.2) is 42.6 Å². The topological polar surface area (TPSA) is 63.2 Å². The maximum absolute atomic E-state index is 12.5. The number of nitrogens with zero attached hydrogens (tertiary/aromatic N) is 1. The highest BCUT2D eigenvalue weighted by atomic mass is 35.5. The largest absolute Gasteiger partial charge is 0.439 e. The Balaban J connectivity index is 0.00000261. The van der Waals surface area contributed by atoms with Gasteiger partial charge in [-0.1, -0.05) is 0 Å². The molecule has 1 aromatic carbocycles. The van der Waals surface area contributed by atoms with Crippen molar-refractivity contribution in [2.45, 2.75) is 19.0 Å². The van der Waals surface area contributed by atoms with Gasteiger partial charge in [-0.05, 0) is 56.3 Å². The Labute approximate surface area is 160 Å². The summed E-state index contributed by atoms with van der Waals surface area (Å²) in [6.45, 7) is 1.66. The van der Waals surface area contributed by atoms with Crippen molar-refractivity contribution < 1.29 is 22.7 Å². The molecule has 2 N–H and O–H groups in total. The number of hydrogen-bond acceptors (Lipinski definition) is 4. The maximum Gasteiger partial charge on any atom is 0.416 e. The number of rotatable bonds is 4. The minimum atomic E-state index is -4.38. The SMILES string of the molecule is Cl.O=C(Nc1ccc(Oc2ccc(C(F)(F)F)cc2)nc1)C1CCNCC1. The molecule has 1 saturated heterocycles.